The van der Waals surface area contributed by atoms with Crippen LogP contribution >= 0.6 is 0 Å². The molecule has 0 atom stereocenters. The summed E-state index contributed by atoms with van der Waals surface area (Å²) in [5.74, 6) is 0.605. The molecule has 184 valence electrons. The molecule has 0 saturated heterocycles. The van der Waals surface area contributed by atoms with Gasteiger partial charge < -0.3 is 32.8 Å². The monoisotopic (exact) mass is 476 g/mol. The maximum Gasteiger partial charge on any atom is 0.162 e. The van der Waals surface area contributed by atoms with E-state index in [0.717, 1.165) is 17.5 Å². The third-order valence-corrected chi connectivity index (χ3v) is 4.36. The number of hydrogen-bond donors (Lipinski definition) is 6. The van der Waals surface area contributed by atoms with Gasteiger partial charge in [-0.1, -0.05) is 113 Å². The van der Waals surface area contributed by atoms with Crippen LogP contribution in [0.1, 0.15) is 23.1 Å². The van der Waals surface area contributed by atoms with E-state index in [1.165, 1.54) is 11.6 Å². The second-order valence-corrected chi connectivity index (χ2v) is 7.10. The highest BCUT2D eigenvalue weighted by atomic mass is 16.4. The molecule has 0 aliphatic carbocycles. The van der Waals surface area contributed by atoms with Crippen LogP contribution in [0.3, 0.4) is 0 Å². The first-order valence-corrected chi connectivity index (χ1v) is 10.7. The van der Waals surface area contributed by atoms with E-state index < -0.39 is 0 Å². The molecule has 0 aromatic heterocycles. The SMILES string of the molecule is N/C(CCc1ccccc1)=N\O.N/C(Cc1ccccc1)=N\O.NC(/C=C/c1ccccc1)=N\O. The van der Waals surface area contributed by atoms with Crippen molar-refractivity contribution in [2.75, 3.05) is 0 Å². The van der Waals surface area contributed by atoms with Gasteiger partial charge in [-0.3, -0.25) is 0 Å². The van der Waals surface area contributed by atoms with Crippen LogP contribution in [0.2, 0.25) is 0 Å². The smallest absolute Gasteiger partial charge is 0.162 e. The Hall–Kier alpha value is -4.79. The fraction of sp³-hybridized carbons (Fsp3) is 0.115. The molecule has 0 heterocycles. The van der Waals surface area contributed by atoms with E-state index in [1.54, 1.807) is 6.08 Å². The van der Waals surface area contributed by atoms with E-state index in [0.29, 0.717) is 12.8 Å². The molecule has 3 rings (SSSR count). The quantitative estimate of drug-likeness (QED) is 0.131. The van der Waals surface area contributed by atoms with E-state index in [-0.39, 0.29) is 17.5 Å². The summed E-state index contributed by atoms with van der Waals surface area (Å²) in [7, 11) is 0. The third-order valence-electron chi connectivity index (χ3n) is 4.36. The summed E-state index contributed by atoms with van der Waals surface area (Å²) < 4.78 is 0. The molecule has 9 N–H and O–H groups in total. The summed E-state index contributed by atoms with van der Waals surface area (Å²) in [5, 5.41) is 33.3. The third kappa shape index (κ3) is 14.1. The molecule has 0 amide bonds. The fourth-order valence-corrected chi connectivity index (χ4v) is 2.59. The van der Waals surface area contributed by atoms with Gasteiger partial charge in [-0.25, -0.2) is 0 Å². The molecule has 0 bridgehead atoms. The zero-order valence-corrected chi connectivity index (χ0v) is 19.4. The van der Waals surface area contributed by atoms with Crippen molar-refractivity contribution in [2.24, 2.45) is 32.7 Å². The molecule has 0 aliphatic heterocycles. The van der Waals surface area contributed by atoms with Crippen LogP contribution in [0.4, 0.5) is 0 Å². The van der Waals surface area contributed by atoms with E-state index in [2.05, 4.69) is 15.5 Å². The lowest BCUT2D eigenvalue weighted by molar-refractivity contribution is 0.317. The van der Waals surface area contributed by atoms with Crippen molar-refractivity contribution in [3.8, 4) is 0 Å². The second-order valence-electron chi connectivity index (χ2n) is 7.10. The maximum absolute atomic E-state index is 8.28. The highest BCUT2D eigenvalue weighted by Crippen LogP contribution is 2.02. The Morgan fingerprint density at radius 2 is 1.11 bits per heavy atom. The van der Waals surface area contributed by atoms with Crippen LogP contribution in [0.25, 0.3) is 6.08 Å². The lowest BCUT2D eigenvalue weighted by Crippen LogP contribution is -2.14. The summed E-state index contributed by atoms with van der Waals surface area (Å²) in [5.41, 5.74) is 19.1. The first kappa shape index (κ1) is 28.2. The van der Waals surface area contributed by atoms with Gasteiger partial charge in [-0.15, -0.1) is 0 Å². The Labute approximate surface area is 205 Å². The largest absolute Gasteiger partial charge is 0.409 e. The molecule has 0 fully saturated rings. The van der Waals surface area contributed by atoms with Gasteiger partial charge in [0.05, 0.1) is 0 Å². The summed E-state index contributed by atoms with van der Waals surface area (Å²) in [6.07, 6.45) is 5.22. The highest BCUT2D eigenvalue weighted by Gasteiger charge is 1.95. The van der Waals surface area contributed by atoms with Crippen molar-refractivity contribution in [1.29, 1.82) is 0 Å². The Morgan fingerprint density at radius 3 is 1.60 bits per heavy atom. The van der Waals surface area contributed by atoms with Crippen molar-refractivity contribution in [3.63, 3.8) is 0 Å². The zero-order valence-electron chi connectivity index (χ0n) is 19.4. The number of amidine groups is 3. The molecule has 0 spiro atoms. The van der Waals surface area contributed by atoms with Crippen LogP contribution in [-0.2, 0) is 12.8 Å². The molecule has 0 aliphatic rings. The topological polar surface area (TPSA) is 176 Å². The summed E-state index contributed by atoms with van der Waals surface area (Å²) >= 11 is 0. The summed E-state index contributed by atoms with van der Waals surface area (Å²) in [4.78, 5) is 0. The lowest BCUT2D eigenvalue weighted by atomic mass is 10.1. The van der Waals surface area contributed by atoms with Gasteiger partial charge in [0, 0.05) is 12.8 Å². The predicted molar refractivity (Wildman–Crippen MR) is 141 cm³/mol. The van der Waals surface area contributed by atoms with E-state index in [9.17, 15) is 0 Å². The van der Waals surface area contributed by atoms with Crippen LogP contribution in [0.5, 0.6) is 0 Å². The van der Waals surface area contributed by atoms with Crippen molar-refractivity contribution < 1.29 is 15.6 Å². The van der Waals surface area contributed by atoms with Crippen molar-refractivity contribution in [2.45, 2.75) is 19.3 Å². The minimum absolute atomic E-state index is 0.0962. The molecule has 35 heavy (non-hydrogen) atoms. The minimum Gasteiger partial charge on any atom is -0.409 e. The molecule has 0 saturated carbocycles. The molecule has 3 aromatic carbocycles. The maximum atomic E-state index is 8.28. The molecule has 0 radical (unpaired) electrons. The Balaban J connectivity index is 0.000000263. The summed E-state index contributed by atoms with van der Waals surface area (Å²) in [6.45, 7) is 0. The number of nitrogens with two attached hydrogens (primary N) is 3. The van der Waals surface area contributed by atoms with Crippen LogP contribution in [-0.4, -0.2) is 33.1 Å². The molecule has 0 unspecified atom stereocenters. The Kier molecular flexibility index (Phi) is 14.3. The number of aryl methyl sites for hydroxylation is 1. The standard InChI is InChI=1S/C9H12N2O.C9H10N2O.C8H10N2O/c2*10-9(11-12)7-6-8-4-2-1-3-5-8;9-8(10-11)6-7-4-2-1-3-5-7/h1-5,12H,6-7H2,(H2,10,11);1-7,12H,(H2,10,11);1-5,11H,6H2,(H2,9,10)/b;7-6+;. The first-order valence-electron chi connectivity index (χ1n) is 10.7. The number of oxime groups is 3. The van der Waals surface area contributed by atoms with Crippen molar-refractivity contribution >= 4 is 23.6 Å². The number of benzene rings is 3. The first-order chi connectivity index (χ1) is 17.0. The van der Waals surface area contributed by atoms with Gasteiger partial charge in [-0.2, -0.15) is 0 Å². The van der Waals surface area contributed by atoms with Gasteiger partial charge in [0.2, 0.25) is 0 Å². The average molecular weight is 477 g/mol. The normalized spacial score (nSPS) is 11.7. The van der Waals surface area contributed by atoms with Crippen LogP contribution < -0.4 is 17.2 Å². The Morgan fingerprint density at radius 1 is 0.629 bits per heavy atom. The average Bonchev–Trinajstić information content (AvgIpc) is 2.92. The van der Waals surface area contributed by atoms with Gasteiger partial charge in [0.1, 0.15) is 11.7 Å². The van der Waals surface area contributed by atoms with E-state index >= 15 is 0 Å². The molecule has 9 heteroatoms. The van der Waals surface area contributed by atoms with E-state index in [4.69, 9.17) is 32.8 Å². The second kappa shape index (κ2) is 17.7. The number of rotatable bonds is 7. The van der Waals surface area contributed by atoms with Gasteiger partial charge in [0.15, 0.2) is 5.84 Å². The fourth-order valence-electron chi connectivity index (χ4n) is 2.59. The van der Waals surface area contributed by atoms with Crippen molar-refractivity contribution in [1.82, 2.24) is 0 Å². The van der Waals surface area contributed by atoms with Gasteiger partial charge >= 0.3 is 0 Å². The van der Waals surface area contributed by atoms with Gasteiger partial charge in [0.25, 0.3) is 0 Å². The highest BCUT2D eigenvalue weighted by molar-refractivity contribution is 5.94. The predicted octanol–water partition coefficient (Wildman–Crippen LogP) is 3.79. The molecule has 9 nitrogen and oxygen atoms in total. The Bertz CT molecular complexity index is 1070. The van der Waals surface area contributed by atoms with Crippen LogP contribution in [0, 0.1) is 0 Å². The van der Waals surface area contributed by atoms with Gasteiger partial charge in [-0.05, 0) is 29.2 Å². The number of hydrogen-bond acceptors (Lipinski definition) is 6. The molecular formula is C26H32N6O3. The molecule has 3 aromatic rings. The van der Waals surface area contributed by atoms with Crippen LogP contribution in [0.15, 0.2) is 113 Å². The van der Waals surface area contributed by atoms with E-state index in [1.807, 2.05) is 91.0 Å². The molecular weight excluding hydrogens is 444 g/mol. The van der Waals surface area contributed by atoms with Crippen molar-refractivity contribution in [3.05, 3.63) is 114 Å². The summed E-state index contributed by atoms with van der Waals surface area (Å²) in [6, 6.07) is 29.2. The lowest BCUT2D eigenvalue weighted by Gasteiger charge is -1.98. The zero-order chi connectivity index (χ0) is 25.7. The minimum atomic E-state index is 0.0962. The number of nitrogens with zero attached hydrogens (tertiary/aromatic N) is 3.